The number of thiazole rings is 1. The van der Waals surface area contributed by atoms with Gasteiger partial charge < -0.3 is 5.11 Å². The molecule has 2 aromatic rings. The van der Waals surface area contributed by atoms with Crippen molar-refractivity contribution in [2.75, 3.05) is 19.7 Å². The van der Waals surface area contributed by atoms with E-state index >= 15 is 0 Å². The Labute approximate surface area is 102 Å². The molecule has 0 saturated carbocycles. The number of nitrogens with zero attached hydrogens (tertiary/aromatic N) is 3. The zero-order chi connectivity index (χ0) is 11.8. The molecule has 1 aliphatic rings. The molecule has 5 nitrogen and oxygen atoms in total. The van der Waals surface area contributed by atoms with E-state index in [0.717, 1.165) is 23.7 Å². The largest absolute Gasteiger partial charge is 0.396 e. The second kappa shape index (κ2) is 4.21. The Morgan fingerprint density at radius 2 is 2.35 bits per heavy atom. The molecule has 0 radical (unpaired) electrons. The van der Waals surface area contributed by atoms with Gasteiger partial charge in [-0.2, -0.15) is 0 Å². The normalized spacial score (nSPS) is 17.5. The average molecular weight is 251 g/mol. The predicted octanol–water partition coefficient (Wildman–Crippen LogP) is 0.180. The molecule has 0 aromatic carbocycles. The SMILES string of the molecule is O=c1cc(CN2CC(CO)C2)nc2sccn12. The van der Waals surface area contributed by atoms with Crippen LogP contribution in [0, 0.1) is 5.92 Å². The fourth-order valence-corrected chi connectivity index (χ4v) is 2.86. The number of hydrogen-bond donors (Lipinski definition) is 1. The van der Waals surface area contributed by atoms with Gasteiger partial charge in [0.2, 0.25) is 0 Å². The molecule has 1 N–H and O–H groups in total. The highest BCUT2D eigenvalue weighted by Crippen LogP contribution is 2.17. The number of aromatic nitrogens is 2. The van der Waals surface area contributed by atoms with Gasteiger partial charge in [-0.05, 0) is 0 Å². The van der Waals surface area contributed by atoms with Gasteiger partial charge in [-0.3, -0.25) is 14.1 Å². The van der Waals surface area contributed by atoms with E-state index in [0.29, 0.717) is 12.5 Å². The van der Waals surface area contributed by atoms with E-state index in [4.69, 9.17) is 5.11 Å². The molecule has 3 heterocycles. The zero-order valence-electron chi connectivity index (χ0n) is 9.24. The molecule has 0 amide bonds. The van der Waals surface area contributed by atoms with Crippen LogP contribution in [0.1, 0.15) is 5.69 Å². The van der Waals surface area contributed by atoms with Gasteiger partial charge >= 0.3 is 0 Å². The van der Waals surface area contributed by atoms with Gasteiger partial charge in [-0.25, -0.2) is 4.98 Å². The smallest absolute Gasteiger partial charge is 0.258 e. The van der Waals surface area contributed by atoms with Crippen molar-refractivity contribution in [1.82, 2.24) is 14.3 Å². The summed E-state index contributed by atoms with van der Waals surface area (Å²) in [4.78, 5) is 19.1. The molecule has 1 fully saturated rings. The zero-order valence-corrected chi connectivity index (χ0v) is 10.1. The Balaban J connectivity index is 1.79. The first-order valence-electron chi connectivity index (χ1n) is 5.55. The molecule has 1 saturated heterocycles. The second-order valence-electron chi connectivity index (χ2n) is 4.38. The molecule has 0 unspecified atom stereocenters. The minimum atomic E-state index is -0.0227. The Kier molecular flexibility index (Phi) is 2.70. The van der Waals surface area contributed by atoms with Crippen LogP contribution in [0.25, 0.3) is 4.96 Å². The predicted molar refractivity (Wildman–Crippen MR) is 65.2 cm³/mol. The van der Waals surface area contributed by atoms with Crippen molar-refractivity contribution in [3.63, 3.8) is 0 Å². The molecule has 1 aliphatic heterocycles. The quantitative estimate of drug-likeness (QED) is 0.845. The summed E-state index contributed by atoms with van der Waals surface area (Å²) < 4.78 is 1.56. The number of fused-ring (bicyclic) bond motifs is 1. The van der Waals surface area contributed by atoms with Gasteiger partial charge in [0.1, 0.15) is 0 Å². The minimum absolute atomic E-state index is 0.0227. The van der Waals surface area contributed by atoms with Crippen LogP contribution in [0.5, 0.6) is 0 Å². The summed E-state index contributed by atoms with van der Waals surface area (Å²) in [6.45, 7) is 2.72. The van der Waals surface area contributed by atoms with Crippen LogP contribution in [-0.4, -0.2) is 39.1 Å². The summed E-state index contributed by atoms with van der Waals surface area (Å²) in [5, 5.41) is 10.8. The molecule has 0 aliphatic carbocycles. The number of aliphatic hydroxyl groups excluding tert-OH is 1. The first kappa shape index (κ1) is 10.9. The van der Waals surface area contributed by atoms with Crippen LogP contribution >= 0.6 is 11.3 Å². The Hall–Kier alpha value is -1.24. The van der Waals surface area contributed by atoms with Crippen LogP contribution in [-0.2, 0) is 6.54 Å². The Bertz CT molecular complexity index is 586. The third-order valence-corrected chi connectivity index (χ3v) is 3.79. The van der Waals surface area contributed by atoms with Gasteiger partial charge in [-0.1, -0.05) is 0 Å². The maximum atomic E-state index is 11.7. The van der Waals surface area contributed by atoms with Crippen molar-refractivity contribution >= 4 is 16.3 Å². The lowest BCUT2D eigenvalue weighted by Crippen LogP contribution is -2.47. The standard InChI is InChI=1S/C11H13N3O2S/c15-7-8-4-13(5-8)6-9-3-10(16)14-1-2-17-11(14)12-9/h1-3,8,15H,4-7H2. The van der Waals surface area contributed by atoms with Gasteiger partial charge in [-0.15, -0.1) is 11.3 Å². The van der Waals surface area contributed by atoms with Crippen molar-refractivity contribution < 1.29 is 5.11 Å². The fourth-order valence-electron chi connectivity index (χ4n) is 2.12. The molecular weight excluding hydrogens is 238 g/mol. The lowest BCUT2D eigenvalue weighted by atomic mass is 10.0. The van der Waals surface area contributed by atoms with Gasteiger partial charge in [0.25, 0.3) is 5.56 Å². The van der Waals surface area contributed by atoms with Crippen LogP contribution < -0.4 is 5.56 Å². The van der Waals surface area contributed by atoms with Gasteiger partial charge in [0, 0.05) is 49.8 Å². The van der Waals surface area contributed by atoms with Gasteiger partial charge in [0.15, 0.2) is 4.96 Å². The van der Waals surface area contributed by atoms with Crippen molar-refractivity contribution in [3.8, 4) is 0 Å². The van der Waals surface area contributed by atoms with Crippen LogP contribution in [0.2, 0.25) is 0 Å². The molecule has 0 atom stereocenters. The van der Waals surface area contributed by atoms with E-state index in [2.05, 4.69) is 9.88 Å². The van der Waals surface area contributed by atoms with Crippen LogP contribution in [0.15, 0.2) is 22.4 Å². The van der Waals surface area contributed by atoms with Crippen LogP contribution in [0.3, 0.4) is 0 Å². The van der Waals surface area contributed by atoms with E-state index in [1.807, 2.05) is 5.38 Å². The Morgan fingerprint density at radius 3 is 3.12 bits per heavy atom. The molecule has 3 rings (SSSR count). The maximum absolute atomic E-state index is 11.7. The highest BCUT2D eigenvalue weighted by molar-refractivity contribution is 7.15. The first-order valence-corrected chi connectivity index (χ1v) is 6.43. The minimum Gasteiger partial charge on any atom is -0.396 e. The first-order chi connectivity index (χ1) is 8.26. The summed E-state index contributed by atoms with van der Waals surface area (Å²) in [7, 11) is 0. The molecule has 0 bridgehead atoms. The lowest BCUT2D eigenvalue weighted by Gasteiger charge is -2.37. The van der Waals surface area contributed by atoms with Crippen molar-refractivity contribution in [3.05, 3.63) is 33.7 Å². The van der Waals surface area contributed by atoms with Crippen molar-refractivity contribution in [2.45, 2.75) is 6.54 Å². The summed E-state index contributed by atoms with van der Waals surface area (Å²) in [5.41, 5.74) is 0.791. The maximum Gasteiger partial charge on any atom is 0.258 e. The highest BCUT2D eigenvalue weighted by Gasteiger charge is 2.26. The van der Waals surface area contributed by atoms with E-state index in [1.54, 1.807) is 16.7 Å². The summed E-state index contributed by atoms with van der Waals surface area (Å²) in [6.07, 6.45) is 1.74. The second-order valence-corrected chi connectivity index (χ2v) is 5.26. The summed E-state index contributed by atoms with van der Waals surface area (Å²) >= 11 is 1.47. The monoisotopic (exact) mass is 251 g/mol. The molecule has 2 aromatic heterocycles. The molecular formula is C11H13N3O2S. The number of hydrogen-bond acceptors (Lipinski definition) is 5. The number of likely N-dealkylation sites (tertiary alicyclic amines) is 1. The van der Waals surface area contributed by atoms with E-state index in [1.165, 1.54) is 11.3 Å². The Morgan fingerprint density at radius 1 is 1.53 bits per heavy atom. The van der Waals surface area contributed by atoms with E-state index < -0.39 is 0 Å². The van der Waals surface area contributed by atoms with E-state index in [-0.39, 0.29) is 12.2 Å². The lowest BCUT2D eigenvalue weighted by molar-refractivity contribution is 0.0470. The average Bonchev–Trinajstić information content (AvgIpc) is 2.71. The topological polar surface area (TPSA) is 57.8 Å². The van der Waals surface area contributed by atoms with E-state index in [9.17, 15) is 4.79 Å². The third kappa shape index (κ3) is 1.99. The highest BCUT2D eigenvalue weighted by atomic mass is 32.1. The number of aliphatic hydroxyl groups is 1. The summed E-state index contributed by atoms with van der Waals surface area (Å²) in [5.74, 6) is 0.390. The van der Waals surface area contributed by atoms with Crippen LogP contribution in [0.4, 0.5) is 0 Å². The molecule has 0 spiro atoms. The third-order valence-electron chi connectivity index (χ3n) is 3.03. The van der Waals surface area contributed by atoms with Gasteiger partial charge in [0.05, 0.1) is 5.69 Å². The molecule has 17 heavy (non-hydrogen) atoms. The number of rotatable bonds is 3. The molecule has 6 heteroatoms. The summed E-state index contributed by atoms with van der Waals surface area (Å²) in [6, 6.07) is 1.59. The van der Waals surface area contributed by atoms with Crippen molar-refractivity contribution in [2.24, 2.45) is 5.92 Å². The fraction of sp³-hybridized carbons (Fsp3) is 0.455. The molecule has 90 valence electrons. The van der Waals surface area contributed by atoms with Crippen molar-refractivity contribution in [1.29, 1.82) is 0 Å².